The lowest BCUT2D eigenvalue weighted by atomic mass is 10.0. The molecule has 0 aliphatic carbocycles. The Labute approximate surface area is 65.6 Å². The maximum Gasteiger partial charge on any atom is 0.101 e. The molecule has 0 amide bonds. The first-order valence-electron chi connectivity index (χ1n) is 4.49. The van der Waals surface area contributed by atoms with E-state index in [9.17, 15) is 0 Å². The van der Waals surface area contributed by atoms with Gasteiger partial charge in [0.15, 0.2) is 0 Å². The summed E-state index contributed by atoms with van der Waals surface area (Å²) in [6, 6.07) is 0. The van der Waals surface area contributed by atoms with Crippen LogP contribution < -0.4 is 0 Å². The minimum absolute atomic E-state index is 1.00. The van der Waals surface area contributed by atoms with Gasteiger partial charge in [-0.3, -0.25) is 0 Å². The van der Waals surface area contributed by atoms with Crippen LogP contribution in [0.3, 0.4) is 0 Å². The van der Waals surface area contributed by atoms with Crippen LogP contribution in [0.5, 0.6) is 0 Å². The van der Waals surface area contributed by atoms with Gasteiger partial charge < -0.3 is 4.74 Å². The molecular formula is C8H19BO. The number of ether oxygens (including phenoxy) is 1. The Balaban J connectivity index is 0.000000162. The molecule has 1 aliphatic rings. The van der Waals surface area contributed by atoms with Crippen molar-refractivity contribution in [3.8, 4) is 0 Å². The van der Waals surface area contributed by atoms with E-state index >= 15 is 0 Å². The Kier molecular flexibility index (Phi) is 9.05. The van der Waals surface area contributed by atoms with Gasteiger partial charge in [0.05, 0.1) is 0 Å². The largest absolute Gasteiger partial charge is 0.381 e. The molecule has 1 fully saturated rings. The second-order valence-electron chi connectivity index (χ2n) is 2.67. The minimum Gasteiger partial charge on any atom is -0.381 e. The zero-order chi connectivity index (χ0) is 7.66. The van der Waals surface area contributed by atoms with Crippen LogP contribution in [0.2, 0.25) is 6.32 Å². The predicted molar refractivity (Wildman–Crippen MR) is 48.3 cm³/mol. The molecule has 0 atom stereocenters. The SMILES string of the molecule is BCCCC.C1CCOC1. The first-order valence-corrected chi connectivity index (χ1v) is 4.49. The van der Waals surface area contributed by atoms with E-state index in [1.807, 2.05) is 0 Å². The molecule has 1 nitrogen and oxygen atoms in total. The highest BCUT2D eigenvalue weighted by molar-refractivity contribution is 6.08. The number of hydrogen-bond donors (Lipinski definition) is 0. The quantitative estimate of drug-likeness (QED) is 0.532. The van der Waals surface area contributed by atoms with Crippen molar-refractivity contribution in [2.24, 2.45) is 0 Å². The van der Waals surface area contributed by atoms with Crippen LogP contribution in [0.4, 0.5) is 0 Å². The molecular weight excluding hydrogens is 123 g/mol. The first-order chi connectivity index (χ1) is 4.91. The number of hydrogen-bond acceptors (Lipinski definition) is 1. The lowest BCUT2D eigenvalue weighted by molar-refractivity contribution is 0.198. The molecule has 10 heavy (non-hydrogen) atoms. The fourth-order valence-electron chi connectivity index (χ4n) is 0.864. The summed E-state index contributed by atoms with van der Waals surface area (Å²) in [6.45, 7) is 4.21. The standard InChI is InChI=1S/C4H11B.C4H8O/c1-2-3-4-5;1-2-4-5-3-1/h2-5H2,1H3;1-4H2. The Bertz CT molecular complexity index is 43.6. The van der Waals surface area contributed by atoms with Crippen molar-refractivity contribution >= 4 is 7.85 Å². The van der Waals surface area contributed by atoms with Crippen molar-refractivity contribution in [2.75, 3.05) is 13.2 Å². The number of rotatable bonds is 2. The van der Waals surface area contributed by atoms with Crippen LogP contribution in [-0.4, -0.2) is 21.1 Å². The lowest BCUT2D eigenvalue weighted by Gasteiger charge is -1.78. The summed E-state index contributed by atoms with van der Waals surface area (Å²) in [5.74, 6) is 0. The van der Waals surface area contributed by atoms with Gasteiger partial charge in [0.1, 0.15) is 7.85 Å². The molecule has 1 saturated heterocycles. The summed E-state index contributed by atoms with van der Waals surface area (Å²) < 4.78 is 4.94. The highest BCUT2D eigenvalue weighted by Gasteiger charge is 1.94. The fraction of sp³-hybridized carbons (Fsp3) is 1.00. The number of unbranched alkanes of at least 4 members (excludes halogenated alkanes) is 1. The molecule has 0 saturated carbocycles. The molecule has 1 aliphatic heterocycles. The maximum absolute atomic E-state index is 4.94. The average Bonchev–Trinajstić information content (AvgIpc) is 2.44. The van der Waals surface area contributed by atoms with Gasteiger partial charge in [0.25, 0.3) is 0 Å². The second kappa shape index (κ2) is 9.02. The van der Waals surface area contributed by atoms with Gasteiger partial charge in [-0.2, -0.15) is 0 Å². The monoisotopic (exact) mass is 142 g/mol. The normalized spacial score (nSPS) is 16.1. The van der Waals surface area contributed by atoms with Crippen LogP contribution in [0, 0.1) is 0 Å². The Morgan fingerprint density at radius 1 is 1.30 bits per heavy atom. The van der Waals surface area contributed by atoms with Gasteiger partial charge in [0, 0.05) is 13.2 Å². The van der Waals surface area contributed by atoms with E-state index in [-0.39, 0.29) is 0 Å². The van der Waals surface area contributed by atoms with Crippen molar-refractivity contribution in [1.29, 1.82) is 0 Å². The Morgan fingerprint density at radius 2 is 1.90 bits per heavy atom. The van der Waals surface area contributed by atoms with Crippen molar-refractivity contribution in [2.45, 2.75) is 38.9 Å². The van der Waals surface area contributed by atoms with Crippen LogP contribution in [0.25, 0.3) is 0 Å². The first kappa shape index (κ1) is 10.0. The van der Waals surface area contributed by atoms with Crippen molar-refractivity contribution < 1.29 is 4.74 Å². The summed E-state index contributed by atoms with van der Waals surface area (Å²) in [4.78, 5) is 0. The average molecular weight is 142 g/mol. The fourth-order valence-corrected chi connectivity index (χ4v) is 0.864. The van der Waals surface area contributed by atoms with E-state index in [0.29, 0.717) is 0 Å². The van der Waals surface area contributed by atoms with Crippen molar-refractivity contribution in [3.63, 3.8) is 0 Å². The summed E-state index contributed by atoms with van der Waals surface area (Å²) in [5.41, 5.74) is 0. The van der Waals surface area contributed by atoms with E-state index in [1.54, 1.807) is 0 Å². The molecule has 0 spiro atoms. The molecule has 60 valence electrons. The third kappa shape index (κ3) is 8.02. The second-order valence-corrected chi connectivity index (χ2v) is 2.67. The Hall–Kier alpha value is 0.0249. The third-order valence-corrected chi connectivity index (χ3v) is 1.53. The molecule has 0 aromatic carbocycles. The lowest BCUT2D eigenvalue weighted by Crippen LogP contribution is -1.74. The molecule has 0 radical (unpaired) electrons. The molecule has 2 heteroatoms. The van der Waals surface area contributed by atoms with Crippen LogP contribution in [0.15, 0.2) is 0 Å². The third-order valence-electron chi connectivity index (χ3n) is 1.53. The van der Waals surface area contributed by atoms with Gasteiger partial charge in [-0.1, -0.05) is 26.1 Å². The molecule has 1 heterocycles. The van der Waals surface area contributed by atoms with Crippen molar-refractivity contribution in [1.82, 2.24) is 0 Å². The van der Waals surface area contributed by atoms with Crippen molar-refractivity contribution in [3.05, 3.63) is 0 Å². The van der Waals surface area contributed by atoms with Crippen LogP contribution >= 0.6 is 0 Å². The molecule has 1 rings (SSSR count). The zero-order valence-electron chi connectivity index (χ0n) is 7.36. The smallest absolute Gasteiger partial charge is 0.101 e. The zero-order valence-corrected chi connectivity index (χ0v) is 7.36. The van der Waals surface area contributed by atoms with E-state index in [4.69, 9.17) is 4.74 Å². The van der Waals surface area contributed by atoms with Gasteiger partial charge in [-0.15, -0.1) is 0 Å². The summed E-state index contributed by atoms with van der Waals surface area (Å²) in [6.07, 6.45) is 6.63. The van der Waals surface area contributed by atoms with Crippen LogP contribution in [-0.2, 0) is 4.74 Å². The molecule has 0 bridgehead atoms. The van der Waals surface area contributed by atoms with E-state index in [0.717, 1.165) is 13.2 Å². The molecule has 0 aromatic rings. The molecule has 0 aromatic heterocycles. The van der Waals surface area contributed by atoms with E-state index in [2.05, 4.69) is 14.8 Å². The maximum atomic E-state index is 4.94. The molecule has 0 unspecified atom stereocenters. The van der Waals surface area contributed by atoms with E-state index < -0.39 is 0 Å². The van der Waals surface area contributed by atoms with Crippen LogP contribution in [0.1, 0.15) is 32.6 Å². The van der Waals surface area contributed by atoms with Gasteiger partial charge in [-0.25, -0.2) is 0 Å². The summed E-state index contributed by atoms with van der Waals surface area (Å²) in [7, 11) is 2.21. The minimum atomic E-state index is 1.00. The van der Waals surface area contributed by atoms with Gasteiger partial charge in [-0.05, 0) is 12.8 Å². The summed E-state index contributed by atoms with van der Waals surface area (Å²) in [5, 5.41) is 0. The van der Waals surface area contributed by atoms with Gasteiger partial charge >= 0.3 is 0 Å². The van der Waals surface area contributed by atoms with Gasteiger partial charge in [0.2, 0.25) is 0 Å². The molecule has 0 N–H and O–H groups in total. The Morgan fingerprint density at radius 3 is 2.00 bits per heavy atom. The highest BCUT2D eigenvalue weighted by Crippen LogP contribution is 1.98. The summed E-state index contributed by atoms with van der Waals surface area (Å²) >= 11 is 0. The predicted octanol–water partition coefficient (Wildman–Crippen LogP) is 1.63. The topological polar surface area (TPSA) is 9.23 Å². The van der Waals surface area contributed by atoms with E-state index in [1.165, 1.54) is 32.0 Å². The highest BCUT2D eigenvalue weighted by atomic mass is 16.5.